The summed E-state index contributed by atoms with van der Waals surface area (Å²) in [7, 11) is 0. The van der Waals surface area contributed by atoms with Crippen LogP contribution >= 0.6 is 0 Å². The fourth-order valence-corrected chi connectivity index (χ4v) is 2.63. The average Bonchev–Trinajstić information content (AvgIpc) is 3.29. The summed E-state index contributed by atoms with van der Waals surface area (Å²) in [5.41, 5.74) is 2.39. The molecule has 0 saturated heterocycles. The van der Waals surface area contributed by atoms with E-state index in [1.807, 2.05) is 68.4 Å². The van der Waals surface area contributed by atoms with Gasteiger partial charge in [0.25, 0.3) is 5.95 Å². The van der Waals surface area contributed by atoms with Crippen LogP contribution in [0.15, 0.2) is 70.2 Å². The second kappa shape index (κ2) is 6.44. The third kappa shape index (κ3) is 2.83. The Morgan fingerprint density at radius 2 is 1.77 bits per heavy atom. The fourth-order valence-electron chi connectivity index (χ4n) is 2.63. The van der Waals surface area contributed by atoms with E-state index >= 15 is 0 Å². The number of aromatic nitrogens is 5. The van der Waals surface area contributed by atoms with Crippen molar-refractivity contribution < 1.29 is 4.52 Å². The lowest BCUT2D eigenvalue weighted by molar-refractivity contribution is 0.363. The molecule has 7 heteroatoms. The van der Waals surface area contributed by atoms with Crippen LogP contribution in [0, 0.1) is 0 Å². The van der Waals surface area contributed by atoms with Gasteiger partial charge in [0.05, 0.1) is 5.69 Å². The molecule has 0 atom stereocenters. The molecule has 0 radical (unpaired) electrons. The molecule has 4 aromatic rings. The second-order valence-electron chi connectivity index (χ2n) is 6.20. The van der Waals surface area contributed by atoms with Gasteiger partial charge in [-0.15, -0.1) is 0 Å². The Morgan fingerprint density at radius 1 is 1.00 bits per heavy atom. The van der Waals surface area contributed by atoms with E-state index in [1.54, 1.807) is 0 Å². The summed E-state index contributed by atoms with van der Waals surface area (Å²) >= 11 is 0. The minimum atomic E-state index is -0.355. The maximum absolute atomic E-state index is 12.7. The number of hydrogen-bond acceptors (Lipinski definition) is 5. The highest BCUT2D eigenvalue weighted by molar-refractivity contribution is 5.65. The van der Waals surface area contributed by atoms with Crippen molar-refractivity contribution in [2.24, 2.45) is 0 Å². The van der Waals surface area contributed by atoms with Gasteiger partial charge in [0.1, 0.15) is 6.33 Å². The first-order valence-corrected chi connectivity index (χ1v) is 8.30. The summed E-state index contributed by atoms with van der Waals surface area (Å²) in [6.07, 6.45) is 1.40. The van der Waals surface area contributed by atoms with Crippen LogP contribution in [-0.4, -0.2) is 24.5 Å². The molecule has 0 saturated carbocycles. The molecule has 0 aliphatic rings. The minimum absolute atomic E-state index is 0.0875. The zero-order valence-electron chi connectivity index (χ0n) is 14.4. The quantitative estimate of drug-likeness (QED) is 0.566. The lowest BCUT2D eigenvalue weighted by atomic mass is 10.1. The summed E-state index contributed by atoms with van der Waals surface area (Å²) in [5, 5.41) is 8.06. The van der Waals surface area contributed by atoms with Crippen LogP contribution in [-0.2, 0) is 0 Å². The molecule has 0 N–H and O–H groups in total. The molecule has 0 amide bonds. The molecule has 0 fully saturated rings. The van der Waals surface area contributed by atoms with Gasteiger partial charge in [0.15, 0.2) is 0 Å². The maximum atomic E-state index is 12.7. The fraction of sp³-hybridized carbons (Fsp3) is 0.158. The molecule has 0 unspecified atom stereocenters. The minimum Gasteiger partial charge on any atom is -0.337 e. The van der Waals surface area contributed by atoms with Gasteiger partial charge in [-0.3, -0.25) is 0 Å². The lowest BCUT2D eigenvalue weighted by Crippen LogP contribution is -2.23. The van der Waals surface area contributed by atoms with Gasteiger partial charge in [-0.05, 0) is 28.4 Å². The van der Waals surface area contributed by atoms with E-state index in [2.05, 4.69) is 15.2 Å². The van der Waals surface area contributed by atoms with Crippen molar-refractivity contribution >= 4 is 0 Å². The van der Waals surface area contributed by atoms with Gasteiger partial charge in [0.2, 0.25) is 5.89 Å². The van der Waals surface area contributed by atoms with Crippen molar-refractivity contribution in [3.05, 3.63) is 77.3 Å². The third-order valence-electron chi connectivity index (χ3n) is 4.01. The van der Waals surface area contributed by atoms with Crippen LogP contribution in [0.25, 0.3) is 22.8 Å². The van der Waals surface area contributed by atoms with E-state index in [1.165, 1.54) is 15.6 Å². The van der Waals surface area contributed by atoms with E-state index in [4.69, 9.17) is 4.52 Å². The molecular formula is C19H17N5O2. The first-order chi connectivity index (χ1) is 12.6. The maximum Gasteiger partial charge on any atom is 0.357 e. The molecule has 4 rings (SSSR count). The molecule has 0 bridgehead atoms. The van der Waals surface area contributed by atoms with Crippen molar-refractivity contribution in [3.63, 3.8) is 0 Å². The van der Waals surface area contributed by atoms with Crippen molar-refractivity contribution in [2.75, 3.05) is 0 Å². The van der Waals surface area contributed by atoms with E-state index in [0.717, 1.165) is 11.1 Å². The van der Waals surface area contributed by atoms with Gasteiger partial charge in [-0.1, -0.05) is 56.3 Å². The Morgan fingerprint density at radius 3 is 2.50 bits per heavy atom. The first-order valence-electron chi connectivity index (χ1n) is 8.30. The molecule has 0 aliphatic heterocycles. The van der Waals surface area contributed by atoms with Crippen LogP contribution in [0.5, 0.6) is 0 Å². The van der Waals surface area contributed by atoms with E-state index in [-0.39, 0.29) is 17.6 Å². The summed E-state index contributed by atoms with van der Waals surface area (Å²) in [6, 6.07) is 17.6. The molecule has 2 heterocycles. The van der Waals surface area contributed by atoms with Crippen molar-refractivity contribution in [1.82, 2.24) is 24.5 Å². The van der Waals surface area contributed by atoms with Crippen LogP contribution in [0.1, 0.15) is 25.7 Å². The summed E-state index contributed by atoms with van der Waals surface area (Å²) in [4.78, 5) is 17.0. The smallest absolute Gasteiger partial charge is 0.337 e. The highest BCUT2D eigenvalue weighted by atomic mass is 16.5. The van der Waals surface area contributed by atoms with Gasteiger partial charge < -0.3 is 4.52 Å². The molecule has 2 aromatic carbocycles. The molecule has 7 nitrogen and oxygen atoms in total. The number of benzene rings is 2. The van der Waals surface area contributed by atoms with Crippen LogP contribution in [0.2, 0.25) is 0 Å². The Kier molecular flexibility index (Phi) is 3.96. The van der Waals surface area contributed by atoms with Crippen molar-refractivity contribution in [2.45, 2.75) is 19.8 Å². The molecule has 0 spiro atoms. The van der Waals surface area contributed by atoms with Gasteiger partial charge in [-0.25, -0.2) is 9.36 Å². The van der Waals surface area contributed by atoms with Crippen LogP contribution in [0.3, 0.4) is 0 Å². The summed E-state index contributed by atoms with van der Waals surface area (Å²) < 4.78 is 7.76. The molecular weight excluding hydrogens is 330 g/mol. The first kappa shape index (κ1) is 16.0. The van der Waals surface area contributed by atoms with Crippen LogP contribution < -0.4 is 5.69 Å². The van der Waals surface area contributed by atoms with Gasteiger partial charge in [0, 0.05) is 5.92 Å². The topological polar surface area (TPSA) is 78.7 Å². The zero-order valence-corrected chi connectivity index (χ0v) is 14.4. The Balaban J connectivity index is 1.74. The third-order valence-corrected chi connectivity index (χ3v) is 4.01. The lowest BCUT2D eigenvalue weighted by Gasteiger charge is -2.04. The standard InChI is InChI=1S/C19H17N5O2/c1-13(2)17-21-18(22-26-17)23-12-20-24(19(23)25)16-10-6-9-15(11-16)14-7-4-3-5-8-14/h3-13H,1-2H3. The summed E-state index contributed by atoms with van der Waals surface area (Å²) in [5.74, 6) is 0.749. The van der Waals surface area contributed by atoms with E-state index in [0.29, 0.717) is 11.6 Å². The Hall–Kier alpha value is -3.48. The monoisotopic (exact) mass is 347 g/mol. The van der Waals surface area contributed by atoms with E-state index < -0.39 is 0 Å². The normalized spacial score (nSPS) is 11.2. The van der Waals surface area contributed by atoms with Crippen molar-refractivity contribution in [3.8, 4) is 22.8 Å². The van der Waals surface area contributed by atoms with Gasteiger partial charge in [-0.2, -0.15) is 14.8 Å². The Bertz CT molecular complexity index is 1090. The number of rotatable bonds is 4. The number of hydrogen-bond donors (Lipinski definition) is 0. The SMILES string of the molecule is CC(C)c1nc(-n2cnn(-c3cccc(-c4ccccc4)c3)c2=O)no1. The number of nitrogens with zero attached hydrogens (tertiary/aromatic N) is 5. The molecule has 26 heavy (non-hydrogen) atoms. The highest BCUT2D eigenvalue weighted by Gasteiger charge is 2.16. The van der Waals surface area contributed by atoms with Crippen molar-refractivity contribution in [1.29, 1.82) is 0 Å². The predicted molar refractivity (Wildman–Crippen MR) is 96.5 cm³/mol. The Labute approximate surface area is 149 Å². The zero-order chi connectivity index (χ0) is 18.1. The largest absolute Gasteiger partial charge is 0.357 e. The highest BCUT2D eigenvalue weighted by Crippen LogP contribution is 2.21. The van der Waals surface area contributed by atoms with Crippen LogP contribution in [0.4, 0.5) is 0 Å². The molecule has 130 valence electrons. The van der Waals surface area contributed by atoms with Gasteiger partial charge >= 0.3 is 5.69 Å². The predicted octanol–water partition coefficient (Wildman–Crippen LogP) is 3.20. The average molecular weight is 347 g/mol. The molecule has 2 aromatic heterocycles. The van der Waals surface area contributed by atoms with E-state index in [9.17, 15) is 4.79 Å². The second-order valence-corrected chi connectivity index (χ2v) is 6.20. The summed E-state index contributed by atoms with van der Waals surface area (Å²) in [6.45, 7) is 3.89. The molecule has 0 aliphatic carbocycles.